The topological polar surface area (TPSA) is 30.7 Å². The fraction of sp³-hybridized carbons (Fsp3) is 0.222. The molecule has 3 rings (SSSR count). The molecule has 22 heavy (non-hydrogen) atoms. The van der Waals surface area contributed by atoms with Crippen LogP contribution in [-0.2, 0) is 6.54 Å². The van der Waals surface area contributed by atoms with Crippen molar-refractivity contribution in [3.8, 4) is 0 Å². The summed E-state index contributed by atoms with van der Waals surface area (Å²) in [4.78, 5) is 0. The van der Waals surface area contributed by atoms with Crippen LogP contribution in [0, 0.1) is 6.92 Å². The van der Waals surface area contributed by atoms with Gasteiger partial charge in [-0.1, -0.05) is 72.4 Å². The van der Waals surface area contributed by atoms with Crippen LogP contribution in [-0.4, -0.2) is 14.8 Å². The van der Waals surface area contributed by atoms with E-state index in [1.54, 1.807) is 11.8 Å². The molecular formula is C18H19N3S. The normalized spacial score (nSPS) is 12.3. The van der Waals surface area contributed by atoms with Crippen LogP contribution in [0.25, 0.3) is 0 Å². The largest absolute Gasteiger partial charge is 0.302 e. The van der Waals surface area contributed by atoms with Gasteiger partial charge in [-0.15, -0.1) is 10.2 Å². The van der Waals surface area contributed by atoms with E-state index in [9.17, 15) is 0 Å². The van der Waals surface area contributed by atoms with Crippen molar-refractivity contribution in [2.24, 2.45) is 0 Å². The molecule has 0 aliphatic carbocycles. The smallest absolute Gasteiger partial charge is 0.192 e. The first-order valence-electron chi connectivity index (χ1n) is 7.39. The van der Waals surface area contributed by atoms with Crippen molar-refractivity contribution >= 4 is 11.8 Å². The minimum Gasteiger partial charge on any atom is -0.302 e. The van der Waals surface area contributed by atoms with Crippen molar-refractivity contribution in [1.29, 1.82) is 0 Å². The quantitative estimate of drug-likeness (QED) is 0.651. The van der Waals surface area contributed by atoms with Crippen LogP contribution in [0.4, 0.5) is 0 Å². The van der Waals surface area contributed by atoms with E-state index < -0.39 is 0 Å². The van der Waals surface area contributed by atoms with Gasteiger partial charge in [-0.05, 0) is 25.0 Å². The fourth-order valence-electron chi connectivity index (χ4n) is 2.35. The summed E-state index contributed by atoms with van der Waals surface area (Å²) in [5, 5.41) is 9.92. The summed E-state index contributed by atoms with van der Waals surface area (Å²) >= 11 is 1.75. The maximum atomic E-state index is 4.35. The number of thioether (sulfide) groups is 1. The third kappa shape index (κ3) is 3.39. The Hall–Kier alpha value is -2.07. The molecule has 112 valence electrons. The Morgan fingerprint density at radius 2 is 1.59 bits per heavy atom. The number of benzene rings is 2. The molecule has 1 unspecified atom stereocenters. The molecule has 0 aliphatic heterocycles. The number of aryl methyl sites for hydroxylation is 1. The van der Waals surface area contributed by atoms with E-state index >= 15 is 0 Å². The van der Waals surface area contributed by atoms with Crippen LogP contribution in [0.15, 0.2) is 65.8 Å². The summed E-state index contributed by atoms with van der Waals surface area (Å²) in [6, 6.07) is 20.9. The first kappa shape index (κ1) is 14.9. The number of hydrogen-bond donors (Lipinski definition) is 0. The Bertz CT molecular complexity index is 723. The van der Waals surface area contributed by atoms with Crippen LogP contribution < -0.4 is 0 Å². The number of nitrogens with zero attached hydrogens (tertiary/aromatic N) is 3. The van der Waals surface area contributed by atoms with E-state index in [2.05, 4.69) is 70.2 Å². The second-order valence-corrected chi connectivity index (χ2v) is 6.58. The first-order chi connectivity index (χ1) is 10.7. The van der Waals surface area contributed by atoms with Gasteiger partial charge in [0.15, 0.2) is 5.16 Å². The van der Waals surface area contributed by atoms with Crippen molar-refractivity contribution in [1.82, 2.24) is 14.8 Å². The van der Waals surface area contributed by atoms with Crippen LogP contribution >= 0.6 is 11.8 Å². The summed E-state index contributed by atoms with van der Waals surface area (Å²) in [5.74, 6) is 0.951. The van der Waals surface area contributed by atoms with Crippen LogP contribution in [0.1, 0.15) is 29.1 Å². The van der Waals surface area contributed by atoms with E-state index in [0.717, 1.165) is 17.5 Å². The van der Waals surface area contributed by atoms with Gasteiger partial charge >= 0.3 is 0 Å². The van der Waals surface area contributed by atoms with E-state index in [1.807, 2.05) is 19.1 Å². The van der Waals surface area contributed by atoms with Gasteiger partial charge in [-0.3, -0.25) is 0 Å². The summed E-state index contributed by atoms with van der Waals surface area (Å²) in [6.45, 7) is 5.02. The van der Waals surface area contributed by atoms with Crippen molar-refractivity contribution in [2.45, 2.75) is 30.8 Å². The van der Waals surface area contributed by atoms with Crippen molar-refractivity contribution in [3.63, 3.8) is 0 Å². The molecule has 1 heterocycles. The van der Waals surface area contributed by atoms with E-state index in [1.165, 1.54) is 11.1 Å². The zero-order chi connectivity index (χ0) is 15.4. The number of rotatable bonds is 5. The van der Waals surface area contributed by atoms with Crippen LogP contribution in [0.5, 0.6) is 0 Å². The monoisotopic (exact) mass is 309 g/mol. The maximum Gasteiger partial charge on any atom is 0.192 e. The van der Waals surface area contributed by atoms with Gasteiger partial charge in [0.1, 0.15) is 5.82 Å². The average molecular weight is 309 g/mol. The Morgan fingerprint density at radius 1 is 0.955 bits per heavy atom. The first-order valence-corrected chi connectivity index (χ1v) is 8.27. The van der Waals surface area contributed by atoms with E-state index in [-0.39, 0.29) is 0 Å². The summed E-state index contributed by atoms with van der Waals surface area (Å²) in [7, 11) is 0. The maximum absolute atomic E-state index is 4.35. The lowest BCUT2D eigenvalue weighted by Crippen LogP contribution is -2.04. The van der Waals surface area contributed by atoms with Crippen LogP contribution in [0.2, 0.25) is 0 Å². The Morgan fingerprint density at radius 3 is 2.27 bits per heavy atom. The van der Waals surface area contributed by atoms with E-state index in [4.69, 9.17) is 0 Å². The third-order valence-corrected chi connectivity index (χ3v) is 4.78. The summed E-state index contributed by atoms with van der Waals surface area (Å²) < 4.78 is 2.18. The Kier molecular flexibility index (Phi) is 4.59. The van der Waals surface area contributed by atoms with E-state index in [0.29, 0.717) is 5.25 Å². The van der Waals surface area contributed by atoms with Gasteiger partial charge in [0.05, 0.1) is 6.54 Å². The highest BCUT2D eigenvalue weighted by Gasteiger charge is 2.14. The highest BCUT2D eigenvalue weighted by molar-refractivity contribution is 7.99. The minimum absolute atomic E-state index is 0.347. The molecular weight excluding hydrogens is 290 g/mol. The van der Waals surface area contributed by atoms with Gasteiger partial charge in [-0.25, -0.2) is 0 Å². The second kappa shape index (κ2) is 6.79. The predicted octanol–water partition coefficient (Wildman–Crippen LogP) is 4.49. The molecule has 3 nitrogen and oxygen atoms in total. The highest BCUT2D eigenvalue weighted by atomic mass is 32.2. The zero-order valence-electron chi connectivity index (χ0n) is 12.8. The molecule has 0 amide bonds. The molecule has 3 aromatic rings. The summed E-state index contributed by atoms with van der Waals surface area (Å²) in [5.41, 5.74) is 2.57. The summed E-state index contributed by atoms with van der Waals surface area (Å²) in [6.07, 6.45) is 0. The lowest BCUT2D eigenvalue weighted by molar-refractivity contribution is 0.686. The molecule has 1 atom stereocenters. The average Bonchev–Trinajstić information content (AvgIpc) is 2.90. The molecule has 0 spiro atoms. The van der Waals surface area contributed by atoms with Crippen molar-refractivity contribution < 1.29 is 0 Å². The molecule has 0 radical (unpaired) electrons. The van der Waals surface area contributed by atoms with Gasteiger partial charge in [0, 0.05) is 5.25 Å². The molecule has 0 saturated carbocycles. The highest BCUT2D eigenvalue weighted by Crippen LogP contribution is 2.33. The molecule has 1 aromatic heterocycles. The lowest BCUT2D eigenvalue weighted by atomic mass is 10.2. The fourth-order valence-corrected chi connectivity index (χ4v) is 3.37. The molecule has 0 bridgehead atoms. The van der Waals surface area contributed by atoms with Crippen molar-refractivity contribution in [2.75, 3.05) is 0 Å². The van der Waals surface area contributed by atoms with Crippen molar-refractivity contribution in [3.05, 3.63) is 77.6 Å². The standard InChI is InChI=1S/C18H19N3S/c1-14(17-11-7-4-8-12-17)22-18-20-19-15(2)21(18)13-16-9-5-3-6-10-16/h3-12,14H,13H2,1-2H3. The number of aromatic nitrogens is 3. The molecule has 0 fully saturated rings. The van der Waals surface area contributed by atoms with Gasteiger partial charge in [0.2, 0.25) is 0 Å². The molecule has 4 heteroatoms. The number of hydrogen-bond acceptors (Lipinski definition) is 3. The minimum atomic E-state index is 0.347. The Balaban J connectivity index is 1.80. The molecule has 0 N–H and O–H groups in total. The molecule has 2 aromatic carbocycles. The Labute approximate surface area is 135 Å². The molecule has 0 saturated heterocycles. The second-order valence-electron chi connectivity index (χ2n) is 5.27. The van der Waals surface area contributed by atoms with Gasteiger partial charge in [-0.2, -0.15) is 0 Å². The SMILES string of the molecule is Cc1nnc(SC(C)c2ccccc2)n1Cc1ccccc1. The lowest BCUT2D eigenvalue weighted by Gasteiger charge is -2.13. The predicted molar refractivity (Wildman–Crippen MR) is 91.0 cm³/mol. The van der Waals surface area contributed by atoms with Gasteiger partial charge < -0.3 is 4.57 Å². The van der Waals surface area contributed by atoms with Crippen LogP contribution in [0.3, 0.4) is 0 Å². The molecule has 0 aliphatic rings. The van der Waals surface area contributed by atoms with Gasteiger partial charge in [0.25, 0.3) is 0 Å². The zero-order valence-corrected chi connectivity index (χ0v) is 13.6. The third-order valence-electron chi connectivity index (χ3n) is 3.64.